The summed E-state index contributed by atoms with van der Waals surface area (Å²) in [5.74, 6) is 0.124. The number of aryl methyl sites for hydroxylation is 1. The molecular weight excluding hydrogens is 264 g/mol. The lowest BCUT2D eigenvalue weighted by molar-refractivity contribution is -0.126. The minimum atomic E-state index is -0.211. The second-order valence-electron chi connectivity index (χ2n) is 6.32. The van der Waals surface area contributed by atoms with Crippen LogP contribution in [-0.4, -0.2) is 11.8 Å². The molecule has 4 nitrogen and oxygen atoms in total. The molecule has 112 valence electrons. The van der Waals surface area contributed by atoms with Crippen molar-refractivity contribution in [1.29, 1.82) is 0 Å². The first-order chi connectivity index (χ1) is 10.1. The van der Waals surface area contributed by atoms with E-state index < -0.39 is 0 Å². The largest absolute Gasteiger partial charge is 0.369 e. The van der Waals surface area contributed by atoms with E-state index in [4.69, 9.17) is 5.73 Å². The van der Waals surface area contributed by atoms with Gasteiger partial charge in [-0.05, 0) is 49.7 Å². The van der Waals surface area contributed by atoms with E-state index in [-0.39, 0.29) is 29.6 Å². The molecule has 0 bridgehead atoms. The van der Waals surface area contributed by atoms with E-state index in [1.807, 2.05) is 18.2 Å². The van der Waals surface area contributed by atoms with E-state index in [0.29, 0.717) is 0 Å². The minimum absolute atomic E-state index is 0.000417. The van der Waals surface area contributed by atoms with Gasteiger partial charge in [0.2, 0.25) is 11.8 Å². The van der Waals surface area contributed by atoms with Gasteiger partial charge < -0.3 is 11.1 Å². The number of hydrogen-bond donors (Lipinski definition) is 2. The molecule has 1 aliphatic heterocycles. The maximum absolute atomic E-state index is 12.5. The third kappa shape index (κ3) is 2.94. The van der Waals surface area contributed by atoms with E-state index in [0.717, 1.165) is 44.2 Å². The molecule has 2 amide bonds. The van der Waals surface area contributed by atoms with Crippen molar-refractivity contribution < 1.29 is 9.59 Å². The average Bonchev–Trinajstić information content (AvgIpc) is 2.65. The summed E-state index contributed by atoms with van der Waals surface area (Å²) in [6.45, 7) is 0. The van der Waals surface area contributed by atoms with Crippen molar-refractivity contribution in [3.8, 4) is 0 Å². The van der Waals surface area contributed by atoms with Gasteiger partial charge in [-0.2, -0.15) is 0 Å². The third-order valence-electron chi connectivity index (χ3n) is 5.02. The van der Waals surface area contributed by atoms with Gasteiger partial charge in [0.25, 0.3) is 0 Å². The zero-order valence-corrected chi connectivity index (χ0v) is 12.2. The lowest BCUT2D eigenvalue weighted by atomic mass is 9.73. The molecule has 1 aliphatic carbocycles. The van der Waals surface area contributed by atoms with Gasteiger partial charge >= 0.3 is 0 Å². The predicted octanol–water partition coefficient (Wildman–Crippen LogP) is 2.48. The third-order valence-corrected chi connectivity index (χ3v) is 5.02. The van der Waals surface area contributed by atoms with E-state index in [9.17, 15) is 9.59 Å². The Labute approximate surface area is 125 Å². The van der Waals surface area contributed by atoms with Gasteiger partial charge in [-0.1, -0.05) is 24.6 Å². The number of nitrogens with one attached hydrogen (secondary N) is 1. The monoisotopic (exact) mass is 286 g/mol. The SMILES string of the molecule is NC(=O)C1CCCC(C2CCc3ccccc3NC2=O)C1. The summed E-state index contributed by atoms with van der Waals surface area (Å²) in [5.41, 5.74) is 7.60. The van der Waals surface area contributed by atoms with Crippen molar-refractivity contribution >= 4 is 17.5 Å². The number of benzene rings is 1. The normalized spacial score (nSPS) is 29.1. The molecule has 3 rings (SSSR count). The number of hydrogen-bond acceptors (Lipinski definition) is 2. The van der Waals surface area contributed by atoms with E-state index in [2.05, 4.69) is 11.4 Å². The van der Waals surface area contributed by atoms with E-state index >= 15 is 0 Å². The Morgan fingerprint density at radius 3 is 2.81 bits per heavy atom. The first-order valence-electron chi connectivity index (χ1n) is 7.83. The lowest BCUT2D eigenvalue weighted by Gasteiger charge is -2.32. The van der Waals surface area contributed by atoms with Crippen molar-refractivity contribution in [3.05, 3.63) is 29.8 Å². The fourth-order valence-electron chi connectivity index (χ4n) is 3.83. The summed E-state index contributed by atoms with van der Waals surface area (Å²) in [4.78, 5) is 24.0. The topological polar surface area (TPSA) is 72.2 Å². The molecule has 0 saturated heterocycles. The van der Waals surface area contributed by atoms with Gasteiger partial charge in [0, 0.05) is 17.5 Å². The Balaban J connectivity index is 1.75. The van der Waals surface area contributed by atoms with Crippen LogP contribution in [-0.2, 0) is 16.0 Å². The minimum Gasteiger partial charge on any atom is -0.369 e. The highest BCUT2D eigenvalue weighted by molar-refractivity contribution is 5.94. The maximum atomic E-state index is 12.5. The molecule has 3 N–H and O–H groups in total. The number of rotatable bonds is 2. The van der Waals surface area contributed by atoms with Crippen LogP contribution in [0.1, 0.15) is 37.7 Å². The van der Waals surface area contributed by atoms with Gasteiger partial charge in [0.15, 0.2) is 0 Å². The van der Waals surface area contributed by atoms with Gasteiger partial charge in [-0.3, -0.25) is 9.59 Å². The zero-order chi connectivity index (χ0) is 14.8. The van der Waals surface area contributed by atoms with Crippen molar-refractivity contribution in [1.82, 2.24) is 0 Å². The van der Waals surface area contributed by atoms with Crippen LogP contribution in [0.3, 0.4) is 0 Å². The molecule has 0 radical (unpaired) electrons. The fourth-order valence-corrected chi connectivity index (χ4v) is 3.83. The van der Waals surface area contributed by atoms with Gasteiger partial charge in [0.05, 0.1) is 0 Å². The number of carbonyl (C=O) groups excluding carboxylic acids is 2. The molecule has 4 heteroatoms. The van der Waals surface area contributed by atoms with Crippen molar-refractivity contribution in [2.24, 2.45) is 23.5 Å². The first kappa shape index (κ1) is 14.1. The maximum Gasteiger partial charge on any atom is 0.227 e. The van der Waals surface area contributed by atoms with Crippen molar-refractivity contribution in [3.63, 3.8) is 0 Å². The van der Waals surface area contributed by atoms with Crippen LogP contribution >= 0.6 is 0 Å². The molecule has 0 spiro atoms. The highest BCUT2D eigenvalue weighted by atomic mass is 16.2. The first-order valence-corrected chi connectivity index (χ1v) is 7.83. The standard InChI is InChI=1S/C17H22N2O2/c18-16(20)13-6-3-5-12(10-13)14-9-8-11-4-1-2-7-15(11)19-17(14)21/h1-2,4,7,12-14H,3,5-6,8-10H2,(H2,18,20)(H,19,21). The van der Waals surface area contributed by atoms with E-state index in [1.54, 1.807) is 0 Å². The summed E-state index contributed by atoms with van der Waals surface area (Å²) in [5, 5.41) is 3.06. The molecule has 3 atom stereocenters. The van der Waals surface area contributed by atoms with Crippen molar-refractivity contribution in [2.45, 2.75) is 38.5 Å². The lowest BCUT2D eigenvalue weighted by Crippen LogP contribution is -2.35. The number of carbonyl (C=O) groups is 2. The van der Waals surface area contributed by atoms with Crippen LogP contribution in [0.15, 0.2) is 24.3 Å². The predicted molar refractivity (Wildman–Crippen MR) is 81.5 cm³/mol. The molecule has 1 aromatic rings. The summed E-state index contributed by atoms with van der Waals surface area (Å²) < 4.78 is 0. The molecule has 3 unspecified atom stereocenters. The van der Waals surface area contributed by atoms with Crippen LogP contribution in [0.2, 0.25) is 0 Å². The Morgan fingerprint density at radius 1 is 1.19 bits per heavy atom. The van der Waals surface area contributed by atoms with Gasteiger partial charge in [-0.15, -0.1) is 0 Å². The van der Waals surface area contributed by atoms with Crippen LogP contribution in [0, 0.1) is 17.8 Å². The molecule has 1 aromatic carbocycles. The summed E-state index contributed by atoms with van der Waals surface area (Å²) in [6.07, 6.45) is 5.44. The van der Waals surface area contributed by atoms with Crippen LogP contribution in [0.4, 0.5) is 5.69 Å². The number of fused-ring (bicyclic) bond motifs is 1. The fraction of sp³-hybridized carbons (Fsp3) is 0.529. The smallest absolute Gasteiger partial charge is 0.227 e. The molecule has 1 fully saturated rings. The quantitative estimate of drug-likeness (QED) is 0.876. The summed E-state index contributed by atoms with van der Waals surface area (Å²) in [6, 6.07) is 7.99. The number of nitrogens with two attached hydrogens (primary N) is 1. The number of primary amides is 1. The Hall–Kier alpha value is -1.84. The molecule has 0 aromatic heterocycles. The second-order valence-corrected chi connectivity index (χ2v) is 6.32. The van der Waals surface area contributed by atoms with Gasteiger partial charge in [-0.25, -0.2) is 0 Å². The number of amides is 2. The molecular formula is C17H22N2O2. The molecule has 21 heavy (non-hydrogen) atoms. The molecule has 2 aliphatic rings. The van der Waals surface area contributed by atoms with Gasteiger partial charge in [0.1, 0.15) is 0 Å². The van der Waals surface area contributed by atoms with Crippen molar-refractivity contribution in [2.75, 3.05) is 5.32 Å². The summed E-state index contributed by atoms with van der Waals surface area (Å²) >= 11 is 0. The highest BCUT2D eigenvalue weighted by Crippen LogP contribution is 2.38. The Bertz CT molecular complexity index is 555. The number of para-hydroxylation sites is 1. The highest BCUT2D eigenvalue weighted by Gasteiger charge is 2.35. The van der Waals surface area contributed by atoms with Crippen LogP contribution < -0.4 is 11.1 Å². The Morgan fingerprint density at radius 2 is 2.00 bits per heavy atom. The zero-order valence-electron chi connectivity index (χ0n) is 12.2. The molecule has 1 saturated carbocycles. The number of anilines is 1. The Kier molecular flexibility index (Phi) is 3.95. The van der Waals surface area contributed by atoms with Crippen LogP contribution in [0.5, 0.6) is 0 Å². The van der Waals surface area contributed by atoms with Crippen LogP contribution in [0.25, 0.3) is 0 Å². The second kappa shape index (κ2) is 5.88. The van der Waals surface area contributed by atoms with E-state index in [1.165, 1.54) is 5.56 Å². The average molecular weight is 286 g/mol. The molecule has 1 heterocycles. The summed E-state index contributed by atoms with van der Waals surface area (Å²) in [7, 11) is 0.